The largest absolute Gasteiger partial charge is 0.348 e. The van der Waals surface area contributed by atoms with Crippen molar-refractivity contribution in [2.45, 2.75) is 45.7 Å². The molecule has 2 aromatic rings. The van der Waals surface area contributed by atoms with Crippen molar-refractivity contribution in [3.8, 4) is 0 Å². The number of nitrogens with zero attached hydrogens (tertiary/aromatic N) is 4. The number of nitrogens with one attached hydrogen (secondary N) is 2. The summed E-state index contributed by atoms with van der Waals surface area (Å²) in [5, 5.41) is 18.1. The summed E-state index contributed by atoms with van der Waals surface area (Å²) >= 11 is 0. The molecule has 1 amide bonds. The number of carbonyl (C=O) groups excluding carboxylic acids is 1. The van der Waals surface area contributed by atoms with Crippen LogP contribution in [0.3, 0.4) is 0 Å². The first-order valence-electron chi connectivity index (χ1n) is 8.01. The Bertz CT molecular complexity index is 701. The van der Waals surface area contributed by atoms with Gasteiger partial charge in [-0.2, -0.15) is 5.10 Å². The zero-order valence-electron chi connectivity index (χ0n) is 13.5. The summed E-state index contributed by atoms with van der Waals surface area (Å²) in [5.41, 5.74) is 2.27. The van der Waals surface area contributed by atoms with E-state index < -0.39 is 0 Å². The van der Waals surface area contributed by atoms with Crippen LogP contribution in [0.2, 0.25) is 0 Å². The first-order valence-corrected chi connectivity index (χ1v) is 8.01. The molecule has 7 nitrogen and oxygen atoms in total. The summed E-state index contributed by atoms with van der Waals surface area (Å²) in [6.07, 6.45) is 10.7. The summed E-state index contributed by atoms with van der Waals surface area (Å²) in [6.45, 7) is 4.61. The third kappa shape index (κ3) is 3.49. The summed E-state index contributed by atoms with van der Waals surface area (Å²) in [7, 11) is 0. The molecule has 0 bridgehead atoms. The first-order chi connectivity index (χ1) is 11.2. The molecule has 1 aliphatic carbocycles. The van der Waals surface area contributed by atoms with Gasteiger partial charge in [0.15, 0.2) is 0 Å². The highest BCUT2D eigenvalue weighted by Gasteiger charge is 2.30. The molecule has 0 radical (unpaired) electrons. The van der Waals surface area contributed by atoms with Crippen LogP contribution >= 0.6 is 0 Å². The van der Waals surface area contributed by atoms with Crippen molar-refractivity contribution in [3.63, 3.8) is 0 Å². The number of rotatable bonds is 5. The van der Waals surface area contributed by atoms with E-state index in [-0.39, 0.29) is 11.9 Å². The van der Waals surface area contributed by atoms with Crippen LogP contribution < -0.4 is 5.32 Å². The van der Waals surface area contributed by atoms with Gasteiger partial charge in [-0.25, -0.2) is 0 Å². The quantitative estimate of drug-likeness (QED) is 0.882. The predicted octanol–water partition coefficient (Wildman–Crippen LogP) is 1.94. The SMILES string of the molecule is C/C=C/c1cn(C[C@@H]2CCC[C@@H]2NC(=O)c2[nH]ncc2C)nn1. The number of H-pyrrole nitrogens is 1. The molecular formula is C16H22N6O. The van der Waals surface area contributed by atoms with E-state index in [1.54, 1.807) is 6.20 Å². The van der Waals surface area contributed by atoms with Gasteiger partial charge in [-0.15, -0.1) is 5.10 Å². The fraction of sp³-hybridized carbons (Fsp3) is 0.500. The lowest BCUT2D eigenvalue weighted by Crippen LogP contribution is -2.39. The van der Waals surface area contributed by atoms with Crippen LogP contribution in [-0.4, -0.2) is 37.1 Å². The molecular weight excluding hydrogens is 292 g/mol. The van der Waals surface area contributed by atoms with Crippen LogP contribution in [0.5, 0.6) is 0 Å². The van der Waals surface area contributed by atoms with Gasteiger partial charge in [-0.3, -0.25) is 14.6 Å². The molecule has 0 spiro atoms. The number of carbonyl (C=O) groups is 1. The lowest BCUT2D eigenvalue weighted by atomic mass is 10.0. The molecule has 1 aliphatic rings. The van der Waals surface area contributed by atoms with Crippen molar-refractivity contribution in [3.05, 3.63) is 35.4 Å². The first kappa shape index (κ1) is 15.5. The Morgan fingerprint density at radius 2 is 2.39 bits per heavy atom. The molecule has 3 rings (SSSR count). The van der Waals surface area contributed by atoms with Crippen molar-refractivity contribution < 1.29 is 4.79 Å². The van der Waals surface area contributed by atoms with Crippen LogP contribution in [0.4, 0.5) is 0 Å². The smallest absolute Gasteiger partial charge is 0.269 e. The number of allylic oxidation sites excluding steroid dienone is 1. The third-order valence-electron chi connectivity index (χ3n) is 4.35. The Balaban J connectivity index is 1.63. The average Bonchev–Trinajstić information content (AvgIpc) is 3.23. The van der Waals surface area contributed by atoms with Gasteiger partial charge in [0, 0.05) is 12.6 Å². The van der Waals surface area contributed by atoms with E-state index in [4.69, 9.17) is 0 Å². The van der Waals surface area contributed by atoms with Crippen molar-refractivity contribution in [2.75, 3.05) is 0 Å². The highest BCUT2D eigenvalue weighted by Crippen LogP contribution is 2.27. The topological polar surface area (TPSA) is 88.5 Å². The average molecular weight is 314 g/mol. The maximum atomic E-state index is 12.3. The molecule has 7 heteroatoms. The van der Waals surface area contributed by atoms with Crippen molar-refractivity contribution in [1.29, 1.82) is 0 Å². The van der Waals surface area contributed by atoms with E-state index in [0.717, 1.165) is 37.1 Å². The number of aromatic amines is 1. The van der Waals surface area contributed by atoms with Gasteiger partial charge in [0.05, 0.1) is 12.4 Å². The molecule has 2 N–H and O–H groups in total. The van der Waals surface area contributed by atoms with E-state index in [9.17, 15) is 4.79 Å². The number of hydrogen-bond acceptors (Lipinski definition) is 4. The van der Waals surface area contributed by atoms with Crippen molar-refractivity contribution >= 4 is 12.0 Å². The van der Waals surface area contributed by atoms with E-state index in [1.165, 1.54) is 0 Å². The lowest BCUT2D eigenvalue weighted by Gasteiger charge is -2.20. The van der Waals surface area contributed by atoms with Gasteiger partial charge in [0.2, 0.25) is 0 Å². The zero-order valence-corrected chi connectivity index (χ0v) is 13.5. The molecule has 0 unspecified atom stereocenters. The molecule has 0 aromatic carbocycles. The van der Waals surface area contributed by atoms with Gasteiger partial charge in [0.1, 0.15) is 11.4 Å². The van der Waals surface area contributed by atoms with Crippen molar-refractivity contribution in [2.24, 2.45) is 5.92 Å². The van der Waals surface area contributed by atoms with Gasteiger partial charge in [-0.1, -0.05) is 17.7 Å². The standard InChI is InChI=1S/C16H22N6O/c1-3-5-13-10-22(21-19-13)9-12-6-4-7-14(12)18-16(23)15-11(2)8-17-20-15/h3,5,8,10,12,14H,4,6-7,9H2,1-2H3,(H,17,20)(H,18,23)/b5-3+/t12-,14-/m0/s1. The van der Waals surface area contributed by atoms with E-state index in [0.29, 0.717) is 11.6 Å². The number of aryl methyl sites for hydroxylation is 1. The minimum Gasteiger partial charge on any atom is -0.348 e. The fourth-order valence-electron chi connectivity index (χ4n) is 3.15. The van der Waals surface area contributed by atoms with Crippen LogP contribution in [0, 0.1) is 12.8 Å². The Hall–Kier alpha value is -2.44. The summed E-state index contributed by atoms with van der Waals surface area (Å²) in [5.74, 6) is 0.299. The molecule has 2 heterocycles. The molecule has 1 fully saturated rings. The fourth-order valence-corrected chi connectivity index (χ4v) is 3.15. The van der Waals surface area contributed by atoms with Crippen LogP contribution in [0.25, 0.3) is 6.08 Å². The van der Waals surface area contributed by atoms with Gasteiger partial charge in [0.25, 0.3) is 5.91 Å². The maximum Gasteiger partial charge on any atom is 0.269 e. The molecule has 2 atom stereocenters. The number of hydrogen-bond donors (Lipinski definition) is 2. The normalized spacial score (nSPS) is 21.1. The molecule has 0 aliphatic heterocycles. The molecule has 23 heavy (non-hydrogen) atoms. The van der Waals surface area contributed by atoms with Crippen LogP contribution in [0.1, 0.15) is 47.9 Å². The molecule has 122 valence electrons. The second-order valence-electron chi connectivity index (χ2n) is 6.06. The van der Waals surface area contributed by atoms with E-state index in [1.807, 2.05) is 36.9 Å². The van der Waals surface area contributed by atoms with Gasteiger partial charge in [-0.05, 0) is 44.2 Å². The highest BCUT2D eigenvalue weighted by atomic mass is 16.2. The number of aromatic nitrogens is 5. The van der Waals surface area contributed by atoms with Crippen LogP contribution in [-0.2, 0) is 6.54 Å². The van der Waals surface area contributed by atoms with Gasteiger partial charge < -0.3 is 5.32 Å². The second kappa shape index (κ2) is 6.76. The van der Waals surface area contributed by atoms with Crippen LogP contribution in [0.15, 0.2) is 18.5 Å². The summed E-state index contributed by atoms with van der Waals surface area (Å²) in [4.78, 5) is 12.3. The Labute approximate surface area is 135 Å². The highest BCUT2D eigenvalue weighted by molar-refractivity contribution is 5.93. The lowest BCUT2D eigenvalue weighted by molar-refractivity contribution is 0.0919. The minimum atomic E-state index is -0.0786. The van der Waals surface area contributed by atoms with Crippen molar-refractivity contribution in [1.82, 2.24) is 30.5 Å². The monoisotopic (exact) mass is 314 g/mol. The maximum absolute atomic E-state index is 12.3. The Kier molecular flexibility index (Phi) is 4.55. The van der Waals surface area contributed by atoms with E-state index >= 15 is 0 Å². The summed E-state index contributed by atoms with van der Waals surface area (Å²) in [6, 6.07) is 0.166. The molecule has 2 aromatic heterocycles. The second-order valence-corrected chi connectivity index (χ2v) is 6.06. The minimum absolute atomic E-state index is 0.0786. The summed E-state index contributed by atoms with van der Waals surface area (Å²) < 4.78 is 1.87. The van der Waals surface area contributed by atoms with Gasteiger partial charge >= 0.3 is 0 Å². The molecule has 1 saturated carbocycles. The number of amides is 1. The zero-order chi connectivity index (χ0) is 16.2. The molecule has 0 saturated heterocycles. The van der Waals surface area contributed by atoms with E-state index in [2.05, 4.69) is 25.8 Å². The Morgan fingerprint density at radius 3 is 3.13 bits per heavy atom. The third-order valence-corrected chi connectivity index (χ3v) is 4.35. The Morgan fingerprint density at radius 1 is 1.52 bits per heavy atom. The predicted molar refractivity (Wildman–Crippen MR) is 86.6 cm³/mol.